The highest BCUT2D eigenvalue weighted by Crippen LogP contribution is 2.26. The van der Waals surface area contributed by atoms with E-state index in [9.17, 15) is 9.59 Å². The molecule has 0 aliphatic rings. The van der Waals surface area contributed by atoms with Gasteiger partial charge in [0.25, 0.3) is 0 Å². The smallest absolute Gasteiger partial charge is 0.323 e. The number of nitrogens with zero attached hydrogens (tertiary/aromatic N) is 1. The number of esters is 2. The molecule has 0 unspecified atom stereocenters. The van der Waals surface area contributed by atoms with Crippen molar-refractivity contribution in [2.24, 2.45) is 5.41 Å². The molecule has 18 heavy (non-hydrogen) atoms. The normalized spacial score (nSPS) is 10.9. The summed E-state index contributed by atoms with van der Waals surface area (Å²) in [5.41, 5.74) is -0.698. The van der Waals surface area contributed by atoms with Crippen molar-refractivity contribution in [1.82, 2.24) is 4.98 Å². The number of pyridine rings is 1. The van der Waals surface area contributed by atoms with Crippen LogP contribution in [0.4, 0.5) is 0 Å². The minimum Gasteiger partial charge on any atom is -0.468 e. The molecule has 0 atom stereocenters. The molecule has 1 heterocycles. The van der Waals surface area contributed by atoms with E-state index in [1.807, 2.05) is 0 Å². The lowest BCUT2D eigenvalue weighted by molar-refractivity contribution is -0.167. The third kappa shape index (κ3) is 2.98. The molecule has 0 saturated carbocycles. The Morgan fingerprint density at radius 3 is 2.22 bits per heavy atom. The molecule has 98 valence electrons. The summed E-state index contributed by atoms with van der Waals surface area (Å²) in [6, 6.07) is 3.28. The van der Waals surface area contributed by atoms with Crippen molar-refractivity contribution in [3.05, 3.63) is 29.0 Å². The molecule has 0 amide bonds. The van der Waals surface area contributed by atoms with E-state index in [1.54, 1.807) is 12.1 Å². The highest BCUT2D eigenvalue weighted by molar-refractivity contribution is 6.29. The summed E-state index contributed by atoms with van der Waals surface area (Å²) in [5.74, 6) is -1.30. The number of ether oxygens (including phenoxy) is 2. The third-order valence-corrected chi connectivity index (χ3v) is 2.84. The number of rotatable bonds is 4. The van der Waals surface area contributed by atoms with Crippen molar-refractivity contribution in [2.45, 2.75) is 13.3 Å². The number of hydrogen-bond donors (Lipinski definition) is 0. The number of aromatic nitrogens is 1. The molecule has 1 aromatic heterocycles. The van der Waals surface area contributed by atoms with Crippen molar-refractivity contribution in [3.63, 3.8) is 0 Å². The van der Waals surface area contributed by atoms with Gasteiger partial charge in [0.15, 0.2) is 5.41 Å². The Morgan fingerprint density at radius 1 is 1.28 bits per heavy atom. The van der Waals surface area contributed by atoms with Crippen LogP contribution in [0.5, 0.6) is 0 Å². The summed E-state index contributed by atoms with van der Waals surface area (Å²) < 4.78 is 9.30. The Morgan fingerprint density at radius 2 is 1.83 bits per heavy atom. The first kappa shape index (κ1) is 14.4. The van der Waals surface area contributed by atoms with E-state index in [4.69, 9.17) is 11.6 Å². The molecule has 0 fully saturated rings. The van der Waals surface area contributed by atoms with Gasteiger partial charge in [0.05, 0.1) is 14.2 Å². The zero-order chi connectivity index (χ0) is 13.8. The van der Waals surface area contributed by atoms with Crippen LogP contribution in [0, 0.1) is 5.41 Å². The molecular weight excluding hydrogens is 258 g/mol. The molecule has 0 saturated heterocycles. The number of methoxy groups -OCH3 is 2. The van der Waals surface area contributed by atoms with Gasteiger partial charge in [0, 0.05) is 12.6 Å². The van der Waals surface area contributed by atoms with Gasteiger partial charge in [-0.25, -0.2) is 4.98 Å². The molecule has 0 aromatic carbocycles. The zero-order valence-corrected chi connectivity index (χ0v) is 11.2. The number of halogens is 1. The average molecular weight is 272 g/mol. The Hall–Kier alpha value is -1.62. The van der Waals surface area contributed by atoms with Gasteiger partial charge in [0.1, 0.15) is 5.15 Å². The molecular formula is C12H14ClNO4. The van der Waals surface area contributed by atoms with Gasteiger partial charge in [-0.15, -0.1) is 0 Å². The SMILES string of the molecule is COC(=O)C(C)(Cc1ccc(Cl)nc1)C(=O)OC. The summed E-state index contributed by atoms with van der Waals surface area (Å²) in [7, 11) is 2.45. The monoisotopic (exact) mass is 271 g/mol. The quantitative estimate of drug-likeness (QED) is 0.473. The predicted octanol–water partition coefficient (Wildman–Crippen LogP) is 1.63. The lowest BCUT2D eigenvalue weighted by Crippen LogP contribution is -2.40. The highest BCUT2D eigenvalue weighted by atomic mass is 35.5. The Labute approximate surface area is 110 Å². The molecule has 0 N–H and O–H groups in total. The first-order valence-corrected chi connectivity index (χ1v) is 5.59. The fourth-order valence-electron chi connectivity index (χ4n) is 1.60. The molecule has 0 spiro atoms. The van der Waals surface area contributed by atoms with Gasteiger partial charge in [-0.2, -0.15) is 0 Å². The van der Waals surface area contributed by atoms with Crippen LogP contribution < -0.4 is 0 Å². The van der Waals surface area contributed by atoms with Crippen molar-refractivity contribution in [2.75, 3.05) is 14.2 Å². The minimum atomic E-state index is -1.39. The lowest BCUT2D eigenvalue weighted by atomic mass is 9.84. The molecule has 0 aliphatic carbocycles. The Bertz CT molecular complexity index is 428. The summed E-state index contributed by atoms with van der Waals surface area (Å²) in [4.78, 5) is 27.4. The first-order chi connectivity index (χ1) is 8.43. The van der Waals surface area contributed by atoms with Crippen LogP contribution in [-0.4, -0.2) is 31.1 Å². The number of carbonyl (C=O) groups excluding carboxylic acids is 2. The van der Waals surface area contributed by atoms with Gasteiger partial charge >= 0.3 is 11.9 Å². The Kier molecular flexibility index (Phi) is 4.67. The van der Waals surface area contributed by atoms with Crippen molar-refractivity contribution >= 4 is 23.5 Å². The van der Waals surface area contributed by atoms with Crippen molar-refractivity contribution < 1.29 is 19.1 Å². The van der Waals surface area contributed by atoms with Crippen molar-refractivity contribution in [3.8, 4) is 0 Å². The molecule has 0 bridgehead atoms. The van der Waals surface area contributed by atoms with Gasteiger partial charge in [-0.3, -0.25) is 9.59 Å². The van der Waals surface area contributed by atoms with Crippen LogP contribution in [-0.2, 0) is 25.5 Å². The summed E-state index contributed by atoms with van der Waals surface area (Å²) >= 11 is 5.67. The van der Waals surface area contributed by atoms with E-state index < -0.39 is 17.4 Å². The largest absolute Gasteiger partial charge is 0.468 e. The van der Waals surface area contributed by atoms with Crippen LogP contribution in [0.1, 0.15) is 12.5 Å². The average Bonchev–Trinajstić information content (AvgIpc) is 2.39. The van der Waals surface area contributed by atoms with E-state index in [1.165, 1.54) is 27.3 Å². The van der Waals surface area contributed by atoms with E-state index in [2.05, 4.69) is 14.5 Å². The first-order valence-electron chi connectivity index (χ1n) is 5.21. The van der Waals surface area contributed by atoms with E-state index in [0.29, 0.717) is 10.7 Å². The second-order valence-electron chi connectivity index (χ2n) is 3.98. The molecule has 5 nitrogen and oxygen atoms in total. The minimum absolute atomic E-state index is 0.135. The van der Waals surface area contributed by atoms with Crippen LogP contribution in [0.25, 0.3) is 0 Å². The van der Waals surface area contributed by atoms with Gasteiger partial charge in [-0.05, 0) is 18.6 Å². The molecule has 1 rings (SSSR count). The number of hydrogen-bond acceptors (Lipinski definition) is 5. The summed E-state index contributed by atoms with van der Waals surface area (Å²) in [6.45, 7) is 1.47. The van der Waals surface area contributed by atoms with Crippen LogP contribution in [0.2, 0.25) is 5.15 Å². The zero-order valence-electron chi connectivity index (χ0n) is 10.4. The maximum Gasteiger partial charge on any atom is 0.323 e. The highest BCUT2D eigenvalue weighted by Gasteiger charge is 2.43. The van der Waals surface area contributed by atoms with E-state index >= 15 is 0 Å². The maximum atomic E-state index is 11.7. The van der Waals surface area contributed by atoms with Crippen LogP contribution in [0.3, 0.4) is 0 Å². The standard InChI is InChI=1S/C12H14ClNO4/c1-12(10(15)17-2,11(16)18-3)6-8-4-5-9(13)14-7-8/h4-5,7H,6H2,1-3H3. The lowest BCUT2D eigenvalue weighted by Gasteiger charge is -2.23. The summed E-state index contributed by atoms with van der Waals surface area (Å²) in [6.07, 6.45) is 1.64. The fourth-order valence-corrected chi connectivity index (χ4v) is 1.71. The Balaban J connectivity index is 3.02. The van der Waals surface area contributed by atoms with Crippen molar-refractivity contribution in [1.29, 1.82) is 0 Å². The van der Waals surface area contributed by atoms with Gasteiger partial charge in [-0.1, -0.05) is 17.7 Å². The third-order valence-electron chi connectivity index (χ3n) is 2.62. The number of carbonyl (C=O) groups is 2. The second-order valence-corrected chi connectivity index (χ2v) is 4.37. The topological polar surface area (TPSA) is 65.5 Å². The molecule has 0 aliphatic heterocycles. The van der Waals surface area contributed by atoms with Crippen LogP contribution >= 0.6 is 11.6 Å². The van der Waals surface area contributed by atoms with Crippen LogP contribution in [0.15, 0.2) is 18.3 Å². The summed E-state index contributed by atoms with van der Waals surface area (Å²) in [5, 5.41) is 0.344. The molecule has 1 aromatic rings. The van der Waals surface area contributed by atoms with Gasteiger partial charge < -0.3 is 9.47 Å². The molecule has 0 radical (unpaired) electrons. The van der Waals surface area contributed by atoms with Gasteiger partial charge in [0.2, 0.25) is 0 Å². The molecule has 6 heteroatoms. The second kappa shape index (κ2) is 5.82. The maximum absolute atomic E-state index is 11.7. The van der Waals surface area contributed by atoms with E-state index in [0.717, 1.165) is 0 Å². The fraction of sp³-hybridized carbons (Fsp3) is 0.417. The predicted molar refractivity (Wildman–Crippen MR) is 65.1 cm³/mol. The van der Waals surface area contributed by atoms with E-state index in [-0.39, 0.29) is 6.42 Å².